The topological polar surface area (TPSA) is 68.6 Å². The lowest BCUT2D eigenvalue weighted by atomic mass is 10.2. The van der Waals surface area contributed by atoms with Crippen LogP contribution in [0.2, 0.25) is 0 Å². The zero-order valence-corrected chi connectivity index (χ0v) is 20.1. The van der Waals surface area contributed by atoms with Gasteiger partial charge >= 0.3 is 6.03 Å². The summed E-state index contributed by atoms with van der Waals surface area (Å²) in [5, 5.41) is 9.90. The molecule has 0 aliphatic carbocycles. The number of hydrogen-bond acceptors (Lipinski definition) is 5. The summed E-state index contributed by atoms with van der Waals surface area (Å²) in [6.45, 7) is 1.51. The fourth-order valence-corrected chi connectivity index (χ4v) is 4.40. The number of ether oxygens (including phenoxy) is 2. The molecule has 7 nitrogen and oxygen atoms in total. The minimum Gasteiger partial charge on any atom is -0.495 e. The Hall–Kier alpha value is -3.62. The molecule has 0 spiro atoms. The third kappa shape index (κ3) is 5.65. The fourth-order valence-electron chi connectivity index (χ4n) is 3.66. The van der Waals surface area contributed by atoms with Crippen LogP contribution >= 0.6 is 11.3 Å². The standard InChI is InChI=1S/C26H28N4O3S/c1-32-16-9-15-29(26(31)27-22-12-6-7-13-23(22)33-2)18-20-19-30(21-10-4-3-5-11-21)28-25(20)24-14-8-17-34-24/h3-8,10-14,17,19H,9,15-16,18H2,1-2H3,(H,27,31). The minimum atomic E-state index is -0.204. The van der Waals surface area contributed by atoms with Gasteiger partial charge in [-0.2, -0.15) is 5.10 Å². The molecule has 1 N–H and O–H groups in total. The van der Waals surface area contributed by atoms with E-state index >= 15 is 0 Å². The molecule has 4 aromatic rings. The van der Waals surface area contributed by atoms with Crippen molar-refractivity contribution in [3.63, 3.8) is 0 Å². The highest BCUT2D eigenvalue weighted by Gasteiger charge is 2.20. The summed E-state index contributed by atoms with van der Waals surface area (Å²) in [6, 6.07) is 21.2. The van der Waals surface area contributed by atoms with E-state index in [2.05, 4.69) is 11.4 Å². The van der Waals surface area contributed by atoms with Gasteiger partial charge in [0.25, 0.3) is 0 Å². The Balaban J connectivity index is 1.63. The molecule has 0 fully saturated rings. The molecule has 4 rings (SSSR count). The van der Waals surface area contributed by atoms with E-state index in [-0.39, 0.29) is 6.03 Å². The molecule has 2 aromatic heterocycles. The second kappa shape index (κ2) is 11.5. The van der Waals surface area contributed by atoms with Gasteiger partial charge in [-0.25, -0.2) is 9.48 Å². The zero-order chi connectivity index (χ0) is 23.8. The number of carbonyl (C=O) groups excluding carboxylic acids is 1. The predicted octanol–water partition coefficient (Wildman–Crippen LogP) is 5.68. The van der Waals surface area contributed by atoms with Gasteiger partial charge < -0.3 is 19.7 Å². The summed E-state index contributed by atoms with van der Waals surface area (Å²) < 4.78 is 12.5. The van der Waals surface area contributed by atoms with Crippen molar-refractivity contribution >= 4 is 23.1 Å². The van der Waals surface area contributed by atoms with Crippen LogP contribution < -0.4 is 10.1 Å². The maximum absolute atomic E-state index is 13.3. The molecule has 2 amide bonds. The molecule has 0 unspecified atom stereocenters. The van der Waals surface area contributed by atoms with E-state index in [1.54, 1.807) is 30.5 Å². The molecule has 176 valence electrons. The summed E-state index contributed by atoms with van der Waals surface area (Å²) in [7, 11) is 3.25. The number of amides is 2. The molecule has 8 heteroatoms. The molecule has 34 heavy (non-hydrogen) atoms. The Morgan fingerprint density at radius 2 is 1.85 bits per heavy atom. The highest BCUT2D eigenvalue weighted by Crippen LogP contribution is 2.29. The van der Waals surface area contributed by atoms with Crippen molar-refractivity contribution in [3.8, 4) is 22.0 Å². The lowest BCUT2D eigenvalue weighted by Gasteiger charge is -2.23. The van der Waals surface area contributed by atoms with Gasteiger partial charge in [0, 0.05) is 32.0 Å². The first-order valence-corrected chi connectivity index (χ1v) is 11.9. The lowest BCUT2D eigenvalue weighted by Crippen LogP contribution is -2.35. The third-order valence-corrected chi connectivity index (χ3v) is 6.22. The summed E-state index contributed by atoms with van der Waals surface area (Å²) in [6.07, 6.45) is 2.72. The average Bonchev–Trinajstić information content (AvgIpc) is 3.54. The second-order valence-corrected chi connectivity index (χ2v) is 8.61. The van der Waals surface area contributed by atoms with Crippen LogP contribution in [0.3, 0.4) is 0 Å². The fraction of sp³-hybridized carbons (Fsp3) is 0.231. The van der Waals surface area contributed by atoms with Gasteiger partial charge in [-0.1, -0.05) is 36.4 Å². The second-order valence-electron chi connectivity index (χ2n) is 7.66. The van der Waals surface area contributed by atoms with Crippen LogP contribution in [-0.4, -0.2) is 48.1 Å². The van der Waals surface area contributed by atoms with Crippen molar-refractivity contribution in [3.05, 3.63) is 83.9 Å². The number of anilines is 1. The van der Waals surface area contributed by atoms with E-state index in [4.69, 9.17) is 14.6 Å². The van der Waals surface area contributed by atoms with Gasteiger partial charge in [-0.05, 0) is 42.1 Å². The van der Waals surface area contributed by atoms with E-state index in [1.165, 1.54) is 0 Å². The van der Waals surface area contributed by atoms with Crippen LogP contribution in [0.1, 0.15) is 12.0 Å². The SMILES string of the molecule is COCCCN(Cc1cn(-c2ccccc2)nc1-c1cccs1)C(=O)Nc1ccccc1OC. The van der Waals surface area contributed by atoms with Crippen LogP contribution in [0.5, 0.6) is 5.75 Å². The quantitative estimate of drug-likeness (QED) is 0.299. The number of nitrogens with one attached hydrogen (secondary N) is 1. The van der Waals surface area contributed by atoms with Gasteiger partial charge in [0.1, 0.15) is 11.4 Å². The molecular formula is C26H28N4O3S. The Morgan fingerprint density at radius 3 is 2.59 bits per heavy atom. The van der Waals surface area contributed by atoms with Gasteiger partial charge in [0.15, 0.2) is 0 Å². The van der Waals surface area contributed by atoms with Crippen LogP contribution in [0.15, 0.2) is 78.3 Å². The number of benzene rings is 2. The first-order chi connectivity index (χ1) is 16.7. The molecular weight excluding hydrogens is 448 g/mol. The van der Waals surface area contributed by atoms with Crippen molar-refractivity contribution in [1.82, 2.24) is 14.7 Å². The Labute approximate surface area is 203 Å². The van der Waals surface area contributed by atoms with E-state index < -0.39 is 0 Å². The first kappa shape index (κ1) is 23.5. The summed E-state index contributed by atoms with van der Waals surface area (Å²) >= 11 is 1.63. The molecule has 0 radical (unpaired) electrons. The van der Waals surface area contributed by atoms with Crippen LogP contribution in [0, 0.1) is 0 Å². The normalized spacial score (nSPS) is 10.8. The van der Waals surface area contributed by atoms with E-state index in [0.29, 0.717) is 31.1 Å². The number of nitrogens with zero attached hydrogens (tertiary/aromatic N) is 3. The van der Waals surface area contributed by atoms with Gasteiger partial charge in [0.05, 0.1) is 29.9 Å². The van der Waals surface area contributed by atoms with E-state index in [1.807, 2.05) is 76.9 Å². The van der Waals surface area contributed by atoms with E-state index in [9.17, 15) is 4.79 Å². The molecule has 0 atom stereocenters. The highest BCUT2D eigenvalue weighted by atomic mass is 32.1. The monoisotopic (exact) mass is 476 g/mol. The number of carbonyl (C=O) groups is 1. The van der Waals surface area contributed by atoms with Crippen molar-refractivity contribution in [2.24, 2.45) is 0 Å². The molecule has 0 bridgehead atoms. The van der Waals surface area contributed by atoms with Gasteiger partial charge in [-0.15, -0.1) is 11.3 Å². The highest BCUT2D eigenvalue weighted by molar-refractivity contribution is 7.13. The Kier molecular flexibility index (Phi) is 7.95. The number of urea groups is 1. The maximum Gasteiger partial charge on any atom is 0.322 e. The van der Waals surface area contributed by atoms with E-state index in [0.717, 1.165) is 28.2 Å². The molecule has 2 aromatic carbocycles. The molecule has 0 saturated heterocycles. The molecule has 0 saturated carbocycles. The smallest absolute Gasteiger partial charge is 0.322 e. The molecule has 2 heterocycles. The molecule has 0 aliphatic heterocycles. The largest absolute Gasteiger partial charge is 0.495 e. The zero-order valence-electron chi connectivity index (χ0n) is 19.3. The Morgan fingerprint density at radius 1 is 1.06 bits per heavy atom. The number of para-hydroxylation sites is 3. The minimum absolute atomic E-state index is 0.204. The van der Waals surface area contributed by atoms with Crippen LogP contribution in [0.4, 0.5) is 10.5 Å². The number of hydrogen-bond donors (Lipinski definition) is 1. The molecule has 0 aliphatic rings. The Bertz CT molecular complexity index is 1190. The van der Waals surface area contributed by atoms with Crippen molar-refractivity contribution < 1.29 is 14.3 Å². The number of rotatable bonds is 10. The maximum atomic E-state index is 13.3. The third-order valence-electron chi connectivity index (χ3n) is 5.34. The lowest BCUT2D eigenvalue weighted by molar-refractivity contribution is 0.171. The van der Waals surface area contributed by atoms with Crippen molar-refractivity contribution in [2.75, 3.05) is 32.7 Å². The first-order valence-electron chi connectivity index (χ1n) is 11.1. The number of methoxy groups -OCH3 is 2. The summed E-state index contributed by atoms with van der Waals surface area (Å²) in [5.74, 6) is 0.615. The van der Waals surface area contributed by atoms with Gasteiger partial charge in [-0.3, -0.25) is 0 Å². The number of aromatic nitrogens is 2. The number of thiophene rings is 1. The van der Waals surface area contributed by atoms with Gasteiger partial charge in [0.2, 0.25) is 0 Å². The van der Waals surface area contributed by atoms with Crippen LogP contribution in [0.25, 0.3) is 16.3 Å². The summed E-state index contributed by atoms with van der Waals surface area (Å²) in [5.41, 5.74) is 3.45. The van der Waals surface area contributed by atoms with Crippen molar-refractivity contribution in [1.29, 1.82) is 0 Å². The van der Waals surface area contributed by atoms with Crippen molar-refractivity contribution in [2.45, 2.75) is 13.0 Å². The predicted molar refractivity (Wildman–Crippen MR) is 136 cm³/mol. The average molecular weight is 477 g/mol. The summed E-state index contributed by atoms with van der Waals surface area (Å²) in [4.78, 5) is 16.2. The van der Waals surface area contributed by atoms with Crippen LogP contribution in [-0.2, 0) is 11.3 Å².